The van der Waals surface area contributed by atoms with E-state index >= 15 is 0 Å². The van der Waals surface area contributed by atoms with Crippen LogP contribution in [0.25, 0.3) is 0 Å². The Kier molecular flexibility index (Phi) is 4.33. The van der Waals surface area contributed by atoms with Crippen molar-refractivity contribution in [2.45, 2.75) is 6.92 Å². The minimum absolute atomic E-state index is 0.697. The van der Waals surface area contributed by atoms with Gasteiger partial charge in [-0.25, -0.2) is 4.52 Å². The third kappa shape index (κ3) is 2.77. The van der Waals surface area contributed by atoms with Gasteiger partial charge in [0.2, 0.25) is 0 Å². The highest BCUT2D eigenvalue weighted by molar-refractivity contribution is 9.43. The molecule has 0 spiro atoms. The van der Waals surface area contributed by atoms with Gasteiger partial charge in [0.05, 0.1) is 6.61 Å². The monoisotopic (exact) mass is 309 g/mol. The van der Waals surface area contributed by atoms with Crippen LogP contribution in [0.3, 0.4) is 0 Å². The second-order valence-corrected chi connectivity index (χ2v) is 8.97. The molecule has 0 bridgehead atoms. The highest BCUT2D eigenvalue weighted by Crippen LogP contribution is 2.64. The maximum absolute atomic E-state index is 6.03. The average molecular weight is 310 g/mol. The van der Waals surface area contributed by atoms with Crippen LogP contribution in [0, 0.1) is 0 Å². The number of halogens is 1. The van der Waals surface area contributed by atoms with Crippen molar-refractivity contribution in [3.05, 3.63) is 60.7 Å². The maximum Gasteiger partial charge on any atom is 0.277 e. The van der Waals surface area contributed by atoms with Gasteiger partial charge in [0.25, 0.3) is 6.19 Å². The largest absolute Gasteiger partial charge is 0.277 e. The van der Waals surface area contributed by atoms with Gasteiger partial charge >= 0.3 is 0 Å². The number of rotatable bonds is 4. The Hall–Kier alpha value is -0.690. The Bertz CT molecular complexity index is 419. The van der Waals surface area contributed by atoms with Crippen molar-refractivity contribution in [3.8, 4) is 0 Å². The Morgan fingerprint density at radius 1 is 0.882 bits per heavy atom. The van der Waals surface area contributed by atoms with Gasteiger partial charge in [-0.1, -0.05) is 36.4 Å². The van der Waals surface area contributed by atoms with Crippen molar-refractivity contribution in [3.63, 3.8) is 0 Å². The first kappa shape index (κ1) is 12.8. The molecule has 0 N–H and O–H groups in total. The summed E-state index contributed by atoms with van der Waals surface area (Å²) >= 11 is 3.85. The van der Waals surface area contributed by atoms with E-state index in [1.54, 1.807) is 0 Å². The fourth-order valence-corrected chi connectivity index (χ4v) is 5.81. The van der Waals surface area contributed by atoms with E-state index in [4.69, 9.17) is 4.52 Å². The van der Waals surface area contributed by atoms with Gasteiger partial charge in [0.15, 0.2) is 15.5 Å². The van der Waals surface area contributed by atoms with Crippen molar-refractivity contribution in [1.82, 2.24) is 0 Å². The van der Waals surface area contributed by atoms with Crippen molar-refractivity contribution >= 4 is 32.3 Å². The molecule has 0 saturated carbocycles. The molecule has 3 heteroatoms. The predicted molar refractivity (Wildman–Crippen MR) is 79.6 cm³/mol. The molecule has 88 valence electrons. The smallest absolute Gasteiger partial charge is 0.216 e. The Morgan fingerprint density at radius 3 is 1.65 bits per heavy atom. The molecule has 2 aromatic rings. The molecule has 0 aliphatic heterocycles. The van der Waals surface area contributed by atoms with Gasteiger partial charge in [-0.2, -0.15) is 0 Å². The first-order valence-electron chi connectivity index (χ1n) is 5.62. The van der Waals surface area contributed by atoms with Crippen LogP contribution in [0.2, 0.25) is 0 Å². The second kappa shape index (κ2) is 5.77. The van der Waals surface area contributed by atoms with Crippen molar-refractivity contribution < 1.29 is 4.52 Å². The van der Waals surface area contributed by atoms with E-state index < -0.39 is 6.19 Å². The van der Waals surface area contributed by atoms with E-state index in [9.17, 15) is 0 Å². The van der Waals surface area contributed by atoms with E-state index in [1.165, 1.54) is 10.6 Å². The van der Waals surface area contributed by atoms with Crippen LogP contribution in [0.1, 0.15) is 6.92 Å². The maximum atomic E-state index is 6.03. The summed E-state index contributed by atoms with van der Waals surface area (Å²) < 4.78 is 6.03. The van der Waals surface area contributed by atoms with E-state index in [-0.39, 0.29) is 0 Å². The van der Waals surface area contributed by atoms with E-state index in [1.807, 2.05) is 43.3 Å². The van der Waals surface area contributed by atoms with E-state index in [2.05, 4.69) is 39.8 Å². The summed E-state index contributed by atoms with van der Waals surface area (Å²) in [6, 6.07) is 20.7. The van der Waals surface area contributed by atoms with Gasteiger partial charge in [0, 0.05) is 0 Å². The summed E-state index contributed by atoms with van der Waals surface area (Å²) in [7, 11) is 0. The normalized spacial score (nSPS) is 11.4. The first-order valence-corrected chi connectivity index (χ1v) is 9.34. The molecular weight excluding hydrogens is 295 g/mol. The zero-order valence-corrected chi connectivity index (χ0v) is 12.2. The predicted octanol–water partition coefficient (Wildman–Crippen LogP) is 3.92. The molecule has 1 nitrogen and oxygen atoms in total. The quantitative estimate of drug-likeness (QED) is 0.778. The van der Waals surface area contributed by atoms with Crippen LogP contribution in [0.4, 0.5) is 0 Å². The van der Waals surface area contributed by atoms with Crippen LogP contribution in [0.5, 0.6) is 0 Å². The van der Waals surface area contributed by atoms with E-state index in [0.29, 0.717) is 6.61 Å². The zero-order valence-electron chi connectivity index (χ0n) is 9.71. The molecule has 17 heavy (non-hydrogen) atoms. The topological polar surface area (TPSA) is 9.23 Å². The Morgan fingerprint density at radius 2 is 1.29 bits per heavy atom. The van der Waals surface area contributed by atoms with Crippen LogP contribution < -0.4 is 10.6 Å². The third-order valence-corrected chi connectivity index (χ3v) is 8.09. The molecule has 0 atom stereocenters. The van der Waals surface area contributed by atoms with Crippen LogP contribution in [-0.2, 0) is 4.52 Å². The van der Waals surface area contributed by atoms with Gasteiger partial charge in [-0.05, 0) is 31.2 Å². The van der Waals surface area contributed by atoms with Crippen molar-refractivity contribution in [1.29, 1.82) is 0 Å². The lowest BCUT2D eigenvalue weighted by molar-refractivity contribution is 0.385. The summed E-state index contributed by atoms with van der Waals surface area (Å²) in [6.07, 6.45) is -1.86. The first-order chi connectivity index (χ1) is 8.27. The van der Waals surface area contributed by atoms with Gasteiger partial charge in [-0.15, -0.1) is 0 Å². The van der Waals surface area contributed by atoms with Crippen LogP contribution >= 0.6 is 21.7 Å². The molecule has 0 aliphatic rings. The molecular formula is C14H15BrOP+. The molecule has 0 heterocycles. The summed E-state index contributed by atoms with van der Waals surface area (Å²) in [4.78, 5) is 0. The van der Waals surface area contributed by atoms with Crippen LogP contribution in [0.15, 0.2) is 60.7 Å². The second-order valence-electron chi connectivity index (χ2n) is 3.62. The number of hydrogen-bond donors (Lipinski definition) is 0. The Balaban J connectivity index is 2.47. The molecule has 0 aromatic heterocycles. The molecule has 2 rings (SSSR count). The molecule has 0 amide bonds. The zero-order chi connectivity index (χ0) is 12.1. The highest BCUT2D eigenvalue weighted by Gasteiger charge is 2.42. The molecule has 0 radical (unpaired) electrons. The van der Waals surface area contributed by atoms with Gasteiger partial charge in [-0.3, -0.25) is 0 Å². The average Bonchev–Trinajstić information content (AvgIpc) is 2.41. The number of benzene rings is 2. The molecule has 0 saturated heterocycles. The third-order valence-electron chi connectivity index (χ3n) is 2.48. The fraction of sp³-hybridized carbons (Fsp3) is 0.143. The van der Waals surface area contributed by atoms with Crippen LogP contribution in [-0.4, -0.2) is 6.61 Å². The van der Waals surface area contributed by atoms with Crippen molar-refractivity contribution in [2.24, 2.45) is 0 Å². The molecule has 0 unspecified atom stereocenters. The van der Waals surface area contributed by atoms with Gasteiger partial charge < -0.3 is 0 Å². The summed E-state index contributed by atoms with van der Waals surface area (Å²) in [5.41, 5.74) is 0. The summed E-state index contributed by atoms with van der Waals surface area (Å²) in [5.74, 6) is 0. The lowest BCUT2D eigenvalue weighted by Gasteiger charge is -2.17. The lowest BCUT2D eigenvalue weighted by atomic mass is 10.4. The standard InChI is InChI=1S/C14H15BrOP/c1-2-16-17(15,13-9-5-3-6-10-13)14-11-7-4-8-12-14/h3-12H,2H2,1H3/q+1. The molecule has 0 fully saturated rings. The Labute approximate surface area is 111 Å². The van der Waals surface area contributed by atoms with Crippen molar-refractivity contribution in [2.75, 3.05) is 6.61 Å². The minimum Gasteiger partial charge on any atom is -0.216 e. The molecule has 0 aliphatic carbocycles. The SMILES string of the molecule is CCO[P+](Br)(c1ccccc1)c1ccccc1. The van der Waals surface area contributed by atoms with E-state index in [0.717, 1.165) is 0 Å². The minimum atomic E-state index is -1.86. The fourth-order valence-electron chi connectivity index (χ4n) is 1.72. The number of hydrogen-bond acceptors (Lipinski definition) is 1. The highest BCUT2D eigenvalue weighted by atomic mass is 79.9. The summed E-state index contributed by atoms with van der Waals surface area (Å²) in [5, 5.41) is 2.43. The van der Waals surface area contributed by atoms with Gasteiger partial charge in [0.1, 0.15) is 10.6 Å². The lowest BCUT2D eigenvalue weighted by Crippen LogP contribution is -2.19. The molecule has 2 aromatic carbocycles. The summed E-state index contributed by atoms with van der Waals surface area (Å²) in [6.45, 7) is 2.73.